The molecule has 4 nitrogen and oxygen atoms in total. The Bertz CT molecular complexity index is 281. The molecule has 0 spiro atoms. The second kappa shape index (κ2) is 4.35. The molecule has 4 N–H and O–H groups in total. The molecule has 0 heterocycles. The number of hydrogen-bond donors (Lipinski definition) is 3. The predicted octanol–water partition coefficient (Wildman–Crippen LogP) is 0.678. The van der Waals surface area contributed by atoms with Crippen molar-refractivity contribution < 1.29 is 4.74 Å². The highest BCUT2D eigenvalue weighted by atomic mass is 16.5. The van der Waals surface area contributed by atoms with Crippen LogP contribution in [-0.4, -0.2) is 13.1 Å². The van der Waals surface area contributed by atoms with Crippen LogP contribution in [0.1, 0.15) is 5.56 Å². The Balaban J connectivity index is 2.54. The third kappa shape index (κ3) is 3.02. The summed E-state index contributed by atoms with van der Waals surface area (Å²) >= 11 is 0. The van der Waals surface area contributed by atoms with E-state index in [1.165, 1.54) is 0 Å². The Labute approximate surface area is 77.2 Å². The zero-order chi connectivity index (χ0) is 9.68. The largest absolute Gasteiger partial charge is 0.497 e. The minimum Gasteiger partial charge on any atom is -0.497 e. The lowest BCUT2D eigenvalue weighted by atomic mass is 10.2. The summed E-state index contributed by atoms with van der Waals surface area (Å²) in [6.07, 6.45) is 0. The van der Waals surface area contributed by atoms with Gasteiger partial charge in [0.15, 0.2) is 5.96 Å². The molecule has 0 aliphatic carbocycles. The lowest BCUT2D eigenvalue weighted by Gasteiger charge is -2.04. The van der Waals surface area contributed by atoms with Crippen molar-refractivity contribution in [3.63, 3.8) is 0 Å². The minimum atomic E-state index is -0.0178. The van der Waals surface area contributed by atoms with E-state index in [1.54, 1.807) is 7.11 Å². The molecule has 0 amide bonds. The van der Waals surface area contributed by atoms with Gasteiger partial charge in [0.05, 0.1) is 7.11 Å². The molecule has 0 aromatic heterocycles. The summed E-state index contributed by atoms with van der Waals surface area (Å²) in [5, 5.41) is 9.68. The summed E-state index contributed by atoms with van der Waals surface area (Å²) in [7, 11) is 1.63. The first-order valence-corrected chi connectivity index (χ1v) is 3.93. The minimum absolute atomic E-state index is 0.0178. The van der Waals surface area contributed by atoms with Crippen LogP contribution in [-0.2, 0) is 6.54 Å². The molecule has 4 heteroatoms. The molecule has 1 rings (SSSR count). The molecule has 0 aliphatic rings. The maximum Gasteiger partial charge on any atom is 0.185 e. The molecule has 1 aromatic carbocycles. The van der Waals surface area contributed by atoms with Crippen molar-refractivity contribution in [3.05, 3.63) is 29.8 Å². The fourth-order valence-electron chi connectivity index (χ4n) is 0.941. The molecule has 0 atom stereocenters. The second-order valence-corrected chi connectivity index (χ2v) is 2.62. The van der Waals surface area contributed by atoms with Gasteiger partial charge in [-0.1, -0.05) is 12.1 Å². The number of benzene rings is 1. The van der Waals surface area contributed by atoms with Gasteiger partial charge in [0.1, 0.15) is 5.75 Å². The van der Waals surface area contributed by atoms with Gasteiger partial charge >= 0.3 is 0 Å². The van der Waals surface area contributed by atoms with E-state index in [-0.39, 0.29) is 5.96 Å². The summed E-state index contributed by atoms with van der Waals surface area (Å²) < 4.78 is 5.01. The van der Waals surface area contributed by atoms with Crippen molar-refractivity contribution in [1.29, 1.82) is 5.41 Å². The molecule has 1 aromatic rings. The summed E-state index contributed by atoms with van der Waals surface area (Å²) in [4.78, 5) is 0. The van der Waals surface area contributed by atoms with Crippen LogP contribution in [0.25, 0.3) is 0 Å². The van der Waals surface area contributed by atoms with Crippen molar-refractivity contribution in [2.24, 2.45) is 5.73 Å². The molecular weight excluding hydrogens is 166 g/mol. The van der Waals surface area contributed by atoms with Gasteiger partial charge in [-0.3, -0.25) is 5.41 Å². The van der Waals surface area contributed by atoms with Crippen LogP contribution in [0.5, 0.6) is 5.75 Å². The van der Waals surface area contributed by atoms with E-state index >= 15 is 0 Å². The lowest BCUT2D eigenvalue weighted by Crippen LogP contribution is -2.29. The monoisotopic (exact) mass is 179 g/mol. The van der Waals surface area contributed by atoms with Crippen molar-refractivity contribution >= 4 is 5.96 Å². The standard InChI is InChI=1S/C9H13N3O/c1-13-8-4-2-7(3-5-8)6-12-9(10)11/h2-5H,6H2,1H3,(H4,10,11,12). The number of nitrogens with one attached hydrogen (secondary N) is 2. The SMILES string of the molecule is COc1ccc(CNC(=N)N)cc1. The highest BCUT2D eigenvalue weighted by Crippen LogP contribution is 2.10. The fraction of sp³-hybridized carbons (Fsp3) is 0.222. The van der Waals surface area contributed by atoms with E-state index in [2.05, 4.69) is 5.32 Å². The van der Waals surface area contributed by atoms with Crippen LogP contribution in [0.2, 0.25) is 0 Å². The first-order valence-electron chi connectivity index (χ1n) is 3.93. The summed E-state index contributed by atoms with van der Waals surface area (Å²) in [6, 6.07) is 7.60. The first-order chi connectivity index (χ1) is 6.22. The normalized spacial score (nSPS) is 9.31. The maximum atomic E-state index is 6.96. The smallest absolute Gasteiger partial charge is 0.185 e. The molecule has 0 unspecified atom stereocenters. The molecule has 70 valence electrons. The molecule has 0 aliphatic heterocycles. The molecule has 0 fully saturated rings. The van der Waals surface area contributed by atoms with E-state index < -0.39 is 0 Å². The van der Waals surface area contributed by atoms with Crippen LogP contribution in [0.15, 0.2) is 24.3 Å². The Kier molecular flexibility index (Phi) is 3.14. The number of methoxy groups -OCH3 is 1. The average Bonchev–Trinajstić information content (AvgIpc) is 2.15. The van der Waals surface area contributed by atoms with Crippen LogP contribution < -0.4 is 15.8 Å². The summed E-state index contributed by atoms with van der Waals surface area (Å²) in [5.74, 6) is 0.808. The van der Waals surface area contributed by atoms with Gasteiger partial charge in [-0.15, -0.1) is 0 Å². The molecule has 13 heavy (non-hydrogen) atoms. The van der Waals surface area contributed by atoms with Gasteiger partial charge < -0.3 is 15.8 Å². The van der Waals surface area contributed by atoms with Crippen LogP contribution in [0, 0.1) is 5.41 Å². The molecule has 0 radical (unpaired) electrons. The number of rotatable bonds is 3. The van der Waals surface area contributed by atoms with Gasteiger partial charge in [0.25, 0.3) is 0 Å². The topological polar surface area (TPSA) is 71.1 Å². The van der Waals surface area contributed by atoms with Crippen molar-refractivity contribution in [1.82, 2.24) is 5.32 Å². The zero-order valence-corrected chi connectivity index (χ0v) is 7.50. The number of nitrogens with two attached hydrogens (primary N) is 1. The van der Waals surface area contributed by atoms with E-state index in [4.69, 9.17) is 15.9 Å². The maximum absolute atomic E-state index is 6.96. The Morgan fingerprint density at radius 3 is 2.54 bits per heavy atom. The first kappa shape index (κ1) is 9.38. The van der Waals surface area contributed by atoms with E-state index in [0.29, 0.717) is 6.54 Å². The number of ether oxygens (including phenoxy) is 1. The summed E-state index contributed by atoms with van der Waals surface area (Å²) in [6.45, 7) is 0.569. The fourth-order valence-corrected chi connectivity index (χ4v) is 0.941. The number of hydrogen-bond acceptors (Lipinski definition) is 2. The third-order valence-corrected chi connectivity index (χ3v) is 1.64. The molecule has 0 bridgehead atoms. The average molecular weight is 179 g/mol. The molecule has 0 saturated carbocycles. The predicted molar refractivity (Wildman–Crippen MR) is 51.7 cm³/mol. The quantitative estimate of drug-likeness (QED) is 0.472. The number of guanidine groups is 1. The van der Waals surface area contributed by atoms with E-state index in [9.17, 15) is 0 Å². The van der Waals surface area contributed by atoms with Gasteiger partial charge in [-0.2, -0.15) is 0 Å². The Hall–Kier alpha value is -1.71. The van der Waals surface area contributed by atoms with Crippen molar-refractivity contribution in [2.75, 3.05) is 7.11 Å². The van der Waals surface area contributed by atoms with E-state index in [1.807, 2.05) is 24.3 Å². The third-order valence-electron chi connectivity index (χ3n) is 1.64. The van der Waals surface area contributed by atoms with Gasteiger partial charge in [-0.05, 0) is 17.7 Å². The van der Waals surface area contributed by atoms with Crippen LogP contribution in [0.3, 0.4) is 0 Å². The Morgan fingerprint density at radius 1 is 1.46 bits per heavy atom. The second-order valence-electron chi connectivity index (χ2n) is 2.62. The Morgan fingerprint density at radius 2 is 2.08 bits per heavy atom. The zero-order valence-electron chi connectivity index (χ0n) is 7.50. The highest BCUT2D eigenvalue weighted by Gasteiger charge is 1.93. The molecule has 0 saturated heterocycles. The van der Waals surface area contributed by atoms with Crippen molar-refractivity contribution in [2.45, 2.75) is 6.54 Å². The van der Waals surface area contributed by atoms with Gasteiger partial charge in [-0.25, -0.2) is 0 Å². The van der Waals surface area contributed by atoms with Crippen molar-refractivity contribution in [3.8, 4) is 5.75 Å². The van der Waals surface area contributed by atoms with Crippen LogP contribution >= 0.6 is 0 Å². The van der Waals surface area contributed by atoms with Gasteiger partial charge in [0, 0.05) is 6.54 Å². The molecular formula is C9H13N3O. The van der Waals surface area contributed by atoms with Crippen LogP contribution in [0.4, 0.5) is 0 Å². The van der Waals surface area contributed by atoms with E-state index in [0.717, 1.165) is 11.3 Å². The highest BCUT2D eigenvalue weighted by molar-refractivity contribution is 5.74. The summed E-state index contributed by atoms with van der Waals surface area (Å²) in [5.41, 5.74) is 6.21. The lowest BCUT2D eigenvalue weighted by molar-refractivity contribution is 0.414. The van der Waals surface area contributed by atoms with Gasteiger partial charge in [0.2, 0.25) is 0 Å².